The van der Waals surface area contributed by atoms with Crippen molar-refractivity contribution in [2.24, 2.45) is 0 Å². The Hall–Kier alpha value is -2.71. The summed E-state index contributed by atoms with van der Waals surface area (Å²) >= 11 is 0. The summed E-state index contributed by atoms with van der Waals surface area (Å²) in [5, 5.41) is 5.03. The second-order valence-corrected chi connectivity index (χ2v) is 6.60. The number of aryl methyl sites for hydroxylation is 1. The zero-order valence-electron chi connectivity index (χ0n) is 14.1. The standard InChI is InChI=1S/C17H16F3N5O/c1-8(12-6-5-11(7-21-12)17(18,19)20)25-15-13(14(24-25)10-3-4-10)16(26)23-9(2)22-15/h5-8,10H,3-4H2,1-2H3,(H,22,23,26)/t8-/m0/s1. The average molecular weight is 363 g/mol. The number of H-pyrrole nitrogens is 1. The molecule has 0 aromatic carbocycles. The normalized spacial score (nSPS) is 16.2. The molecule has 0 amide bonds. The summed E-state index contributed by atoms with van der Waals surface area (Å²) in [6.07, 6.45) is -1.69. The largest absolute Gasteiger partial charge is 0.417 e. The van der Waals surface area contributed by atoms with Gasteiger partial charge in [-0.15, -0.1) is 0 Å². The molecule has 1 aliphatic rings. The topological polar surface area (TPSA) is 76.5 Å². The van der Waals surface area contributed by atoms with Crippen LogP contribution in [0.1, 0.15) is 54.5 Å². The highest BCUT2D eigenvalue weighted by atomic mass is 19.4. The third kappa shape index (κ3) is 2.77. The minimum Gasteiger partial charge on any atom is -0.310 e. The Bertz CT molecular complexity index is 1030. The lowest BCUT2D eigenvalue weighted by molar-refractivity contribution is -0.137. The second kappa shape index (κ2) is 5.65. The minimum absolute atomic E-state index is 0.233. The van der Waals surface area contributed by atoms with Gasteiger partial charge in [-0.1, -0.05) is 0 Å². The monoisotopic (exact) mass is 363 g/mol. The van der Waals surface area contributed by atoms with Gasteiger partial charge in [-0.3, -0.25) is 9.78 Å². The zero-order chi connectivity index (χ0) is 18.6. The summed E-state index contributed by atoms with van der Waals surface area (Å²) < 4.78 is 39.8. The molecule has 0 unspecified atom stereocenters. The zero-order valence-corrected chi connectivity index (χ0v) is 14.1. The Labute approximate surface area is 146 Å². The first-order chi connectivity index (χ1) is 12.3. The Kier molecular flexibility index (Phi) is 3.64. The van der Waals surface area contributed by atoms with Gasteiger partial charge in [0, 0.05) is 12.1 Å². The van der Waals surface area contributed by atoms with Gasteiger partial charge in [-0.05, 0) is 38.8 Å². The molecule has 1 N–H and O–H groups in total. The number of nitrogens with one attached hydrogen (secondary N) is 1. The molecule has 0 saturated heterocycles. The predicted molar refractivity (Wildman–Crippen MR) is 87.9 cm³/mol. The molecular formula is C17H16F3N5O. The lowest BCUT2D eigenvalue weighted by Crippen LogP contribution is -2.14. The summed E-state index contributed by atoms with van der Waals surface area (Å²) in [5.74, 6) is 0.690. The van der Waals surface area contributed by atoms with Crippen LogP contribution in [0.4, 0.5) is 13.2 Å². The molecule has 1 fully saturated rings. The van der Waals surface area contributed by atoms with E-state index in [0.717, 1.165) is 25.1 Å². The molecule has 3 aromatic rings. The van der Waals surface area contributed by atoms with Crippen molar-refractivity contribution in [2.75, 3.05) is 0 Å². The number of nitrogens with zero attached hydrogens (tertiary/aromatic N) is 4. The van der Waals surface area contributed by atoms with E-state index in [1.54, 1.807) is 18.5 Å². The third-order valence-corrected chi connectivity index (χ3v) is 4.58. The molecule has 6 nitrogen and oxygen atoms in total. The fourth-order valence-electron chi connectivity index (χ4n) is 3.04. The quantitative estimate of drug-likeness (QED) is 0.774. The van der Waals surface area contributed by atoms with Crippen LogP contribution in [0, 0.1) is 6.92 Å². The highest BCUT2D eigenvalue weighted by Gasteiger charge is 2.33. The summed E-state index contributed by atoms with van der Waals surface area (Å²) in [4.78, 5) is 23.4. The van der Waals surface area contributed by atoms with Crippen LogP contribution in [0.15, 0.2) is 23.1 Å². The van der Waals surface area contributed by atoms with Crippen molar-refractivity contribution in [1.29, 1.82) is 0 Å². The number of alkyl halides is 3. The molecule has 1 saturated carbocycles. The van der Waals surface area contributed by atoms with Gasteiger partial charge in [-0.2, -0.15) is 18.3 Å². The van der Waals surface area contributed by atoms with Crippen molar-refractivity contribution in [3.05, 3.63) is 51.5 Å². The molecule has 3 aromatic heterocycles. The van der Waals surface area contributed by atoms with Crippen LogP contribution in [-0.4, -0.2) is 24.7 Å². The smallest absolute Gasteiger partial charge is 0.310 e. The van der Waals surface area contributed by atoms with Crippen LogP contribution in [0.5, 0.6) is 0 Å². The predicted octanol–water partition coefficient (Wildman–Crippen LogP) is 3.33. The molecule has 0 radical (unpaired) electrons. The summed E-state index contributed by atoms with van der Waals surface area (Å²) in [7, 11) is 0. The van der Waals surface area contributed by atoms with E-state index in [1.165, 1.54) is 6.07 Å². The van der Waals surface area contributed by atoms with E-state index in [2.05, 4.69) is 20.1 Å². The van der Waals surface area contributed by atoms with E-state index in [-0.39, 0.29) is 11.5 Å². The molecule has 0 aliphatic heterocycles. The number of hydrogen-bond donors (Lipinski definition) is 1. The number of aromatic amines is 1. The van der Waals surface area contributed by atoms with Crippen molar-refractivity contribution >= 4 is 11.0 Å². The van der Waals surface area contributed by atoms with E-state index in [4.69, 9.17) is 0 Å². The van der Waals surface area contributed by atoms with E-state index in [1.807, 2.05) is 0 Å². The van der Waals surface area contributed by atoms with Crippen molar-refractivity contribution in [3.63, 3.8) is 0 Å². The number of fused-ring (bicyclic) bond motifs is 1. The number of halogens is 3. The number of rotatable bonds is 3. The van der Waals surface area contributed by atoms with E-state index in [0.29, 0.717) is 28.2 Å². The van der Waals surface area contributed by atoms with Gasteiger partial charge in [-0.25, -0.2) is 9.67 Å². The van der Waals surface area contributed by atoms with Gasteiger partial charge in [0.15, 0.2) is 5.65 Å². The van der Waals surface area contributed by atoms with Gasteiger partial charge in [0.2, 0.25) is 0 Å². The average Bonchev–Trinajstić information content (AvgIpc) is 3.34. The molecule has 1 atom stereocenters. The third-order valence-electron chi connectivity index (χ3n) is 4.58. The first kappa shape index (κ1) is 16.7. The second-order valence-electron chi connectivity index (χ2n) is 6.60. The van der Waals surface area contributed by atoms with Crippen LogP contribution in [0.25, 0.3) is 11.0 Å². The van der Waals surface area contributed by atoms with Crippen molar-refractivity contribution in [2.45, 2.75) is 44.8 Å². The molecule has 1 aliphatic carbocycles. The molecule has 3 heterocycles. The van der Waals surface area contributed by atoms with E-state index < -0.39 is 17.8 Å². The highest BCUT2D eigenvalue weighted by Crippen LogP contribution is 2.42. The van der Waals surface area contributed by atoms with Crippen LogP contribution in [-0.2, 0) is 6.18 Å². The maximum atomic E-state index is 12.7. The van der Waals surface area contributed by atoms with Gasteiger partial charge in [0.05, 0.1) is 23.0 Å². The van der Waals surface area contributed by atoms with Crippen LogP contribution in [0.2, 0.25) is 0 Å². The maximum absolute atomic E-state index is 12.7. The molecule has 0 bridgehead atoms. The van der Waals surface area contributed by atoms with Crippen LogP contribution >= 0.6 is 0 Å². The highest BCUT2D eigenvalue weighted by molar-refractivity contribution is 5.78. The van der Waals surface area contributed by atoms with Crippen molar-refractivity contribution in [3.8, 4) is 0 Å². The number of pyridine rings is 1. The van der Waals surface area contributed by atoms with E-state index >= 15 is 0 Å². The fourth-order valence-corrected chi connectivity index (χ4v) is 3.04. The molecule has 136 valence electrons. The van der Waals surface area contributed by atoms with Crippen LogP contribution < -0.4 is 5.56 Å². The summed E-state index contributed by atoms with van der Waals surface area (Å²) in [6, 6.07) is 1.87. The fraction of sp³-hybridized carbons (Fsp3) is 0.412. The molecule has 4 rings (SSSR count). The summed E-state index contributed by atoms with van der Waals surface area (Å²) in [5.41, 5.74) is 0.510. The van der Waals surface area contributed by atoms with Crippen LogP contribution in [0.3, 0.4) is 0 Å². The Morgan fingerprint density at radius 2 is 2.04 bits per heavy atom. The first-order valence-electron chi connectivity index (χ1n) is 8.28. The minimum atomic E-state index is -4.43. The lowest BCUT2D eigenvalue weighted by atomic mass is 10.2. The summed E-state index contributed by atoms with van der Waals surface area (Å²) in [6.45, 7) is 3.45. The van der Waals surface area contributed by atoms with Gasteiger partial charge in [0.1, 0.15) is 11.2 Å². The Morgan fingerprint density at radius 3 is 2.62 bits per heavy atom. The first-order valence-corrected chi connectivity index (χ1v) is 8.28. The lowest BCUT2D eigenvalue weighted by Gasteiger charge is -2.14. The number of hydrogen-bond acceptors (Lipinski definition) is 4. The van der Waals surface area contributed by atoms with Gasteiger partial charge >= 0.3 is 6.18 Å². The van der Waals surface area contributed by atoms with Gasteiger partial charge in [0.25, 0.3) is 5.56 Å². The molecular weight excluding hydrogens is 347 g/mol. The molecule has 26 heavy (non-hydrogen) atoms. The van der Waals surface area contributed by atoms with Gasteiger partial charge < -0.3 is 4.98 Å². The van der Waals surface area contributed by atoms with Crippen molar-refractivity contribution in [1.82, 2.24) is 24.7 Å². The number of aromatic nitrogens is 5. The Morgan fingerprint density at radius 1 is 1.31 bits per heavy atom. The van der Waals surface area contributed by atoms with E-state index in [9.17, 15) is 18.0 Å². The molecule has 9 heteroatoms. The Balaban J connectivity index is 1.82. The maximum Gasteiger partial charge on any atom is 0.417 e. The van der Waals surface area contributed by atoms with Crippen molar-refractivity contribution < 1.29 is 13.2 Å². The molecule has 0 spiro atoms. The SMILES string of the molecule is Cc1nc2c(c(C3CC3)nn2[C@@H](C)c2ccc(C(F)(F)F)cn2)c(=O)[nH]1.